The molecule has 0 aliphatic carbocycles. The zero-order valence-electron chi connectivity index (χ0n) is 10.9. The van der Waals surface area contributed by atoms with Crippen LogP contribution in [0, 0.1) is 11.7 Å². The van der Waals surface area contributed by atoms with Crippen LogP contribution in [0.3, 0.4) is 0 Å². The number of para-hydroxylation sites is 1. The third-order valence-electron chi connectivity index (χ3n) is 3.35. The molecule has 1 heterocycles. The standard InChI is InChI=1S/C12H17ClFN3O2S/c13-10-4-1-5-11(14)12(10)16-20(18,19)17-6-2-3-9(7-15)8-17/h1,4-5,9,16H,2-3,6-8,15H2. The first-order valence-corrected chi connectivity index (χ1v) is 8.18. The van der Waals surface area contributed by atoms with Crippen molar-refractivity contribution in [3.63, 3.8) is 0 Å². The number of nitrogens with one attached hydrogen (secondary N) is 1. The summed E-state index contributed by atoms with van der Waals surface area (Å²) in [5.41, 5.74) is 5.37. The van der Waals surface area contributed by atoms with Crippen LogP contribution in [0.15, 0.2) is 18.2 Å². The molecule has 3 N–H and O–H groups in total. The van der Waals surface area contributed by atoms with E-state index in [1.54, 1.807) is 0 Å². The molecule has 1 aromatic rings. The van der Waals surface area contributed by atoms with Crippen molar-refractivity contribution >= 4 is 27.5 Å². The van der Waals surface area contributed by atoms with Gasteiger partial charge in [0.25, 0.3) is 0 Å². The van der Waals surface area contributed by atoms with E-state index in [0.717, 1.165) is 18.9 Å². The molecule has 1 aliphatic heterocycles. The van der Waals surface area contributed by atoms with Crippen molar-refractivity contribution in [2.45, 2.75) is 12.8 Å². The van der Waals surface area contributed by atoms with Gasteiger partial charge in [-0.3, -0.25) is 4.72 Å². The number of halogens is 2. The molecular formula is C12H17ClFN3O2S. The van der Waals surface area contributed by atoms with Gasteiger partial charge in [-0.05, 0) is 37.4 Å². The zero-order chi connectivity index (χ0) is 14.8. The van der Waals surface area contributed by atoms with Gasteiger partial charge in [0.2, 0.25) is 0 Å². The van der Waals surface area contributed by atoms with Gasteiger partial charge in [-0.15, -0.1) is 0 Å². The maximum Gasteiger partial charge on any atom is 0.301 e. The zero-order valence-corrected chi connectivity index (χ0v) is 12.4. The van der Waals surface area contributed by atoms with Crippen LogP contribution in [0.2, 0.25) is 5.02 Å². The van der Waals surface area contributed by atoms with Crippen molar-refractivity contribution in [1.29, 1.82) is 0 Å². The van der Waals surface area contributed by atoms with Gasteiger partial charge in [-0.1, -0.05) is 17.7 Å². The number of hydrogen-bond donors (Lipinski definition) is 2. The number of nitrogens with two attached hydrogens (primary N) is 1. The molecule has 1 aliphatic rings. The van der Waals surface area contributed by atoms with Gasteiger partial charge < -0.3 is 5.73 Å². The lowest BCUT2D eigenvalue weighted by molar-refractivity contribution is 0.273. The van der Waals surface area contributed by atoms with Gasteiger partial charge in [0, 0.05) is 13.1 Å². The molecule has 1 fully saturated rings. The van der Waals surface area contributed by atoms with Crippen LogP contribution in [0.4, 0.5) is 10.1 Å². The molecule has 0 amide bonds. The SMILES string of the molecule is NCC1CCCN(S(=O)(=O)Nc2c(F)cccc2Cl)C1. The van der Waals surface area contributed by atoms with E-state index in [2.05, 4.69) is 4.72 Å². The third-order valence-corrected chi connectivity index (χ3v) is 5.14. The van der Waals surface area contributed by atoms with Crippen LogP contribution in [0.1, 0.15) is 12.8 Å². The van der Waals surface area contributed by atoms with Crippen molar-refractivity contribution in [2.24, 2.45) is 11.7 Å². The number of piperidine rings is 1. The first kappa shape index (κ1) is 15.5. The minimum absolute atomic E-state index is 0.0287. The third kappa shape index (κ3) is 3.41. The second-order valence-electron chi connectivity index (χ2n) is 4.81. The van der Waals surface area contributed by atoms with Crippen LogP contribution in [0.25, 0.3) is 0 Å². The Morgan fingerprint density at radius 2 is 2.25 bits per heavy atom. The van der Waals surface area contributed by atoms with Crippen LogP contribution in [0.5, 0.6) is 0 Å². The number of anilines is 1. The monoisotopic (exact) mass is 321 g/mol. The summed E-state index contributed by atoms with van der Waals surface area (Å²) in [7, 11) is -3.82. The number of rotatable bonds is 4. The summed E-state index contributed by atoms with van der Waals surface area (Å²) >= 11 is 5.82. The van der Waals surface area contributed by atoms with Crippen molar-refractivity contribution in [3.05, 3.63) is 29.0 Å². The molecule has 5 nitrogen and oxygen atoms in total. The van der Waals surface area contributed by atoms with Crippen molar-refractivity contribution < 1.29 is 12.8 Å². The fourth-order valence-corrected chi connectivity index (χ4v) is 3.86. The number of nitrogens with zero attached hydrogens (tertiary/aromatic N) is 1. The van der Waals surface area contributed by atoms with E-state index in [9.17, 15) is 12.8 Å². The van der Waals surface area contributed by atoms with Crippen LogP contribution < -0.4 is 10.5 Å². The first-order valence-electron chi connectivity index (χ1n) is 6.36. The summed E-state index contributed by atoms with van der Waals surface area (Å²) in [5, 5.41) is 0.0287. The minimum Gasteiger partial charge on any atom is -0.330 e. The van der Waals surface area contributed by atoms with E-state index < -0.39 is 16.0 Å². The lowest BCUT2D eigenvalue weighted by Crippen LogP contribution is -2.44. The van der Waals surface area contributed by atoms with E-state index >= 15 is 0 Å². The van der Waals surface area contributed by atoms with Gasteiger partial charge in [-0.2, -0.15) is 12.7 Å². The van der Waals surface area contributed by atoms with E-state index in [1.165, 1.54) is 16.4 Å². The summed E-state index contributed by atoms with van der Waals surface area (Å²) < 4.78 is 41.7. The average Bonchev–Trinajstić information content (AvgIpc) is 2.43. The van der Waals surface area contributed by atoms with Crippen molar-refractivity contribution in [3.8, 4) is 0 Å². The fourth-order valence-electron chi connectivity index (χ4n) is 2.23. The average molecular weight is 322 g/mol. The Labute approximate surface area is 123 Å². The second-order valence-corrected chi connectivity index (χ2v) is 6.88. The highest BCUT2D eigenvalue weighted by molar-refractivity contribution is 7.90. The highest BCUT2D eigenvalue weighted by atomic mass is 35.5. The fraction of sp³-hybridized carbons (Fsp3) is 0.500. The Hall–Kier alpha value is -0.890. The van der Waals surface area contributed by atoms with Crippen LogP contribution in [-0.4, -0.2) is 32.4 Å². The smallest absolute Gasteiger partial charge is 0.301 e. The Bertz CT molecular complexity index is 562. The highest BCUT2D eigenvalue weighted by Crippen LogP contribution is 2.27. The molecule has 1 saturated heterocycles. The molecule has 20 heavy (non-hydrogen) atoms. The predicted octanol–water partition coefficient (Wildman–Crippen LogP) is 1.81. The normalized spacial score (nSPS) is 20.9. The Morgan fingerprint density at radius 3 is 2.90 bits per heavy atom. The molecule has 0 spiro atoms. The Balaban J connectivity index is 2.19. The molecule has 1 unspecified atom stereocenters. The summed E-state index contributed by atoms with van der Waals surface area (Å²) in [5.74, 6) is -0.565. The van der Waals surface area contributed by atoms with E-state index in [1.807, 2.05) is 0 Å². The summed E-state index contributed by atoms with van der Waals surface area (Å²) in [4.78, 5) is 0. The van der Waals surface area contributed by atoms with Gasteiger partial charge in [0.15, 0.2) is 0 Å². The maximum absolute atomic E-state index is 13.6. The first-order chi connectivity index (χ1) is 9.44. The van der Waals surface area contributed by atoms with Gasteiger partial charge >= 0.3 is 10.2 Å². The van der Waals surface area contributed by atoms with Gasteiger partial charge in [0.1, 0.15) is 11.5 Å². The van der Waals surface area contributed by atoms with Crippen molar-refractivity contribution in [1.82, 2.24) is 4.31 Å². The van der Waals surface area contributed by atoms with Crippen LogP contribution in [-0.2, 0) is 10.2 Å². The summed E-state index contributed by atoms with van der Waals surface area (Å²) in [6.45, 7) is 1.18. The minimum atomic E-state index is -3.82. The Morgan fingerprint density at radius 1 is 1.50 bits per heavy atom. The van der Waals surface area contributed by atoms with E-state index in [-0.39, 0.29) is 16.6 Å². The number of benzene rings is 1. The predicted molar refractivity (Wildman–Crippen MR) is 77.3 cm³/mol. The second kappa shape index (κ2) is 6.26. The summed E-state index contributed by atoms with van der Waals surface area (Å²) in [6, 6.07) is 4.00. The molecular weight excluding hydrogens is 305 g/mol. The molecule has 0 aromatic heterocycles. The summed E-state index contributed by atoms with van der Waals surface area (Å²) in [6.07, 6.45) is 1.65. The van der Waals surface area contributed by atoms with Crippen LogP contribution >= 0.6 is 11.6 Å². The molecule has 1 aromatic carbocycles. The molecule has 0 radical (unpaired) electrons. The maximum atomic E-state index is 13.6. The molecule has 2 rings (SSSR count). The largest absolute Gasteiger partial charge is 0.330 e. The lowest BCUT2D eigenvalue weighted by atomic mass is 10.0. The molecule has 8 heteroatoms. The highest BCUT2D eigenvalue weighted by Gasteiger charge is 2.29. The topological polar surface area (TPSA) is 75.4 Å². The van der Waals surface area contributed by atoms with Gasteiger partial charge in [-0.25, -0.2) is 4.39 Å². The molecule has 0 bridgehead atoms. The lowest BCUT2D eigenvalue weighted by Gasteiger charge is -2.31. The quantitative estimate of drug-likeness (QED) is 0.888. The Kier molecular flexibility index (Phi) is 4.85. The molecule has 0 saturated carbocycles. The number of hydrogen-bond acceptors (Lipinski definition) is 3. The van der Waals surface area contributed by atoms with E-state index in [4.69, 9.17) is 17.3 Å². The molecule has 1 atom stereocenters. The molecule has 112 valence electrons. The van der Waals surface area contributed by atoms with Crippen molar-refractivity contribution in [2.75, 3.05) is 24.4 Å². The van der Waals surface area contributed by atoms with Gasteiger partial charge in [0.05, 0.1) is 5.02 Å². The van der Waals surface area contributed by atoms with E-state index in [0.29, 0.717) is 19.6 Å².